The number of carbonyl (C=O) groups is 1. The molecule has 1 rings (SSSR count). The van der Waals surface area contributed by atoms with E-state index in [0.29, 0.717) is 12.5 Å². The van der Waals surface area contributed by atoms with Crippen molar-refractivity contribution in [1.82, 2.24) is 10.2 Å². The van der Waals surface area contributed by atoms with Crippen molar-refractivity contribution in [2.24, 2.45) is 0 Å². The van der Waals surface area contributed by atoms with Gasteiger partial charge < -0.3 is 5.32 Å². The van der Waals surface area contributed by atoms with E-state index in [1.807, 2.05) is 6.08 Å². The van der Waals surface area contributed by atoms with Gasteiger partial charge in [-0.2, -0.15) is 0 Å². The number of hydrogen-bond donors (Lipinski definition) is 1. The molecule has 0 aliphatic carbocycles. The molecule has 0 saturated carbocycles. The molecular formula is C14H26N2O. The molecule has 0 aromatic carbocycles. The number of carbonyl (C=O) groups excluding carboxylic acids is 1. The first-order valence-corrected chi connectivity index (χ1v) is 6.89. The second kappa shape index (κ2) is 8.29. The molecule has 0 aromatic rings. The molecule has 1 heterocycles. The Morgan fingerprint density at radius 1 is 1.53 bits per heavy atom. The molecule has 0 aromatic heterocycles. The van der Waals surface area contributed by atoms with E-state index in [1.165, 1.54) is 12.8 Å². The Morgan fingerprint density at radius 3 is 3.06 bits per heavy atom. The summed E-state index contributed by atoms with van der Waals surface area (Å²) < 4.78 is 0. The summed E-state index contributed by atoms with van der Waals surface area (Å²) in [5.74, 6) is 0.220. The SMILES string of the molecule is C=CCN1CCCCC(NC(=O)CCCC)C1. The minimum Gasteiger partial charge on any atom is -0.352 e. The lowest BCUT2D eigenvalue weighted by molar-refractivity contribution is -0.122. The highest BCUT2D eigenvalue weighted by atomic mass is 16.1. The van der Waals surface area contributed by atoms with E-state index in [4.69, 9.17) is 0 Å². The fourth-order valence-corrected chi connectivity index (χ4v) is 2.32. The van der Waals surface area contributed by atoms with Crippen LogP contribution < -0.4 is 5.32 Å². The van der Waals surface area contributed by atoms with Gasteiger partial charge in [0.2, 0.25) is 5.91 Å². The molecule has 3 heteroatoms. The van der Waals surface area contributed by atoms with Crippen molar-refractivity contribution in [3.8, 4) is 0 Å². The van der Waals surface area contributed by atoms with Crippen LogP contribution in [0, 0.1) is 0 Å². The first-order chi connectivity index (χ1) is 8.26. The minimum absolute atomic E-state index is 0.220. The van der Waals surface area contributed by atoms with Gasteiger partial charge in [-0.25, -0.2) is 0 Å². The summed E-state index contributed by atoms with van der Waals surface area (Å²) in [6.07, 6.45) is 8.26. The number of amides is 1. The van der Waals surface area contributed by atoms with Crippen molar-refractivity contribution in [3.05, 3.63) is 12.7 Å². The fraction of sp³-hybridized carbons (Fsp3) is 0.786. The first kappa shape index (κ1) is 14.2. The number of nitrogens with one attached hydrogen (secondary N) is 1. The maximum absolute atomic E-state index is 11.7. The Hall–Kier alpha value is -0.830. The average Bonchev–Trinajstić information content (AvgIpc) is 2.52. The summed E-state index contributed by atoms with van der Waals surface area (Å²) in [5, 5.41) is 3.17. The van der Waals surface area contributed by atoms with E-state index in [-0.39, 0.29) is 5.91 Å². The van der Waals surface area contributed by atoms with Crippen molar-refractivity contribution in [1.29, 1.82) is 0 Å². The normalized spacial score (nSPS) is 21.8. The highest BCUT2D eigenvalue weighted by Gasteiger charge is 2.18. The number of rotatable bonds is 6. The maximum atomic E-state index is 11.7. The minimum atomic E-state index is 0.220. The van der Waals surface area contributed by atoms with E-state index in [9.17, 15) is 4.79 Å². The van der Waals surface area contributed by atoms with Crippen LogP contribution in [0.5, 0.6) is 0 Å². The summed E-state index contributed by atoms with van der Waals surface area (Å²) >= 11 is 0. The Morgan fingerprint density at radius 2 is 2.35 bits per heavy atom. The molecule has 1 aliphatic heterocycles. The molecule has 1 atom stereocenters. The van der Waals surface area contributed by atoms with E-state index < -0.39 is 0 Å². The van der Waals surface area contributed by atoms with Crippen molar-refractivity contribution >= 4 is 5.91 Å². The van der Waals surface area contributed by atoms with Gasteiger partial charge in [-0.3, -0.25) is 9.69 Å². The number of hydrogen-bond acceptors (Lipinski definition) is 2. The first-order valence-electron chi connectivity index (χ1n) is 6.89. The number of nitrogens with zero attached hydrogens (tertiary/aromatic N) is 1. The summed E-state index contributed by atoms with van der Waals surface area (Å²) in [6, 6.07) is 0.335. The van der Waals surface area contributed by atoms with Crippen LogP contribution in [0.25, 0.3) is 0 Å². The van der Waals surface area contributed by atoms with Crippen molar-refractivity contribution in [3.63, 3.8) is 0 Å². The van der Waals surface area contributed by atoms with E-state index in [0.717, 1.165) is 38.9 Å². The summed E-state index contributed by atoms with van der Waals surface area (Å²) in [5.41, 5.74) is 0. The lowest BCUT2D eigenvalue weighted by Crippen LogP contribution is -2.42. The zero-order chi connectivity index (χ0) is 12.5. The van der Waals surface area contributed by atoms with Crippen LogP contribution in [-0.2, 0) is 4.79 Å². The Bertz CT molecular complexity index is 240. The van der Waals surface area contributed by atoms with Gasteiger partial charge in [-0.05, 0) is 25.8 Å². The highest BCUT2D eigenvalue weighted by molar-refractivity contribution is 5.76. The molecule has 1 amide bonds. The third kappa shape index (κ3) is 5.87. The second-order valence-corrected chi connectivity index (χ2v) is 4.91. The lowest BCUT2D eigenvalue weighted by Gasteiger charge is -2.23. The Balaban J connectivity index is 2.34. The van der Waals surface area contributed by atoms with Gasteiger partial charge in [-0.1, -0.05) is 25.8 Å². The fourth-order valence-electron chi connectivity index (χ4n) is 2.32. The zero-order valence-electron chi connectivity index (χ0n) is 11.1. The van der Waals surface area contributed by atoms with Gasteiger partial charge in [0.25, 0.3) is 0 Å². The molecule has 1 fully saturated rings. The van der Waals surface area contributed by atoms with Gasteiger partial charge in [-0.15, -0.1) is 6.58 Å². The molecule has 1 unspecified atom stereocenters. The predicted octanol–water partition coefficient (Wildman–Crippen LogP) is 2.33. The quantitative estimate of drug-likeness (QED) is 0.720. The smallest absolute Gasteiger partial charge is 0.220 e. The summed E-state index contributed by atoms with van der Waals surface area (Å²) in [6.45, 7) is 8.94. The van der Waals surface area contributed by atoms with Gasteiger partial charge in [0.1, 0.15) is 0 Å². The predicted molar refractivity (Wildman–Crippen MR) is 71.9 cm³/mol. The van der Waals surface area contributed by atoms with Crippen LogP contribution in [0.15, 0.2) is 12.7 Å². The van der Waals surface area contributed by atoms with Crippen LogP contribution in [0.4, 0.5) is 0 Å². The molecule has 0 bridgehead atoms. The molecule has 17 heavy (non-hydrogen) atoms. The van der Waals surface area contributed by atoms with Crippen molar-refractivity contribution in [2.75, 3.05) is 19.6 Å². The van der Waals surface area contributed by atoms with Gasteiger partial charge in [0, 0.05) is 25.6 Å². The second-order valence-electron chi connectivity index (χ2n) is 4.91. The molecule has 1 aliphatic rings. The zero-order valence-corrected chi connectivity index (χ0v) is 11.1. The topological polar surface area (TPSA) is 32.3 Å². The largest absolute Gasteiger partial charge is 0.352 e. The summed E-state index contributed by atoms with van der Waals surface area (Å²) in [7, 11) is 0. The monoisotopic (exact) mass is 238 g/mol. The third-order valence-corrected chi connectivity index (χ3v) is 3.27. The van der Waals surface area contributed by atoms with Crippen molar-refractivity contribution < 1.29 is 4.79 Å². The standard InChI is InChI=1S/C14H26N2O/c1-3-5-9-14(17)15-13-8-6-7-11-16(12-13)10-4-2/h4,13H,2-3,5-12H2,1H3,(H,15,17). The van der Waals surface area contributed by atoms with Crippen LogP contribution in [0.2, 0.25) is 0 Å². The molecule has 0 spiro atoms. The van der Waals surface area contributed by atoms with E-state index in [2.05, 4.69) is 23.7 Å². The third-order valence-electron chi connectivity index (χ3n) is 3.27. The maximum Gasteiger partial charge on any atom is 0.220 e. The summed E-state index contributed by atoms with van der Waals surface area (Å²) in [4.78, 5) is 14.1. The van der Waals surface area contributed by atoms with Gasteiger partial charge >= 0.3 is 0 Å². The molecule has 98 valence electrons. The van der Waals surface area contributed by atoms with Gasteiger partial charge in [0.05, 0.1) is 0 Å². The van der Waals surface area contributed by atoms with Crippen molar-refractivity contribution in [2.45, 2.75) is 51.5 Å². The van der Waals surface area contributed by atoms with Crippen LogP contribution >= 0.6 is 0 Å². The molecule has 0 radical (unpaired) electrons. The number of likely N-dealkylation sites (tertiary alicyclic amines) is 1. The highest BCUT2D eigenvalue weighted by Crippen LogP contribution is 2.11. The molecular weight excluding hydrogens is 212 g/mol. The lowest BCUT2D eigenvalue weighted by atomic mass is 10.1. The van der Waals surface area contributed by atoms with Crippen LogP contribution in [0.3, 0.4) is 0 Å². The van der Waals surface area contributed by atoms with Crippen LogP contribution in [-0.4, -0.2) is 36.5 Å². The molecule has 1 saturated heterocycles. The molecule has 1 N–H and O–H groups in total. The average molecular weight is 238 g/mol. The van der Waals surface area contributed by atoms with E-state index >= 15 is 0 Å². The number of unbranched alkanes of at least 4 members (excludes halogenated alkanes) is 1. The molecule has 3 nitrogen and oxygen atoms in total. The van der Waals surface area contributed by atoms with Gasteiger partial charge in [0.15, 0.2) is 0 Å². The van der Waals surface area contributed by atoms with Crippen LogP contribution in [0.1, 0.15) is 45.4 Å². The van der Waals surface area contributed by atoms with E-state index in [1.54, 1.807) is 0 Å². The Labute approximate surface area is 105 Å². The Kier molecular flexibility index (Phi) is 6.94.